The van der Waals surface area contributed by atoms with Crippen molar-refractivity contribution in [3.8, 4) is 11.4 Å². The van der Waals surface area contributed by atoms with Gasteiger partial charge in [0.2, 0.25) is 5.95 Å². The zero-order valence-corrected chi connectivity index (χ0v) is 15.0. The van der Waals surface area contributed by atoms with Gasteiger partial charge in [0.25, 0.3) is 5.56 Å². The summed E-state index contributed by atoms with van der Waals surface area (Å²) in [6.45, 7) is 0. The molecular formula is C20H18N6O. The van der Waals surface area contributed by atoms with Gasteiger partial charge >= 0.3 is 0 Å². The fraction of sp³-hybridized carbons (Fsp3) is 0.100. The zero-order chi connectivity index (χ0) is 18.8. The van der Waals surface area contributed by atoms with Crippen LogP contribution in [-0.2, 0) is 0 Å². The minimum absolute atomic E-state index is 0.258. The number of fused-ring (bicyclic) bond motifs is 1. The van der Waals surface area contributed by atoms with Crippen LogP contribution >= 0.6 is 0 Å². The highest BCUT2D eigenvalue weighted by Gasteiger charge is 2.17. The Morgan fingerprint density at radius 2 is 1.59 bits per heavy atom. The lowest BCUT2D eigenvalue weighted by molar-refractivity contribution is 0.642. The molecule has 0 fully saturated rings. The number of benzene rings is 2. The van der Waals surface area contributed by atoms with Crippen molar-refractivity contribution in [1.29, 1.82) is 0 Å². The minimum atomic E-state index is -0.258. The fourth-order valence-corrected chi connectivity index (χ4v) is 2.78. The molecular weight excluding hydrogens is 340 g/mol. The third-order valence-corrected chi connectivity index (χ3v) is 4.01. The van der Waals surface area contributed by atoms with Gasteiger partial charge in [0, 0.05) is 19.8 Å². The highest BCUT2D eigenvalue weighted by Crippen LogP contribution is 2.20. The Balaban J connectivity index is 2.02. The number of aliphatic imine (C=N–C) groups is 1. The van der Waals surface area contributed by atoms with Gasteiger partial charge in [-0.1, -0.05) is 36.4 Å². The molecule has 0 saturated heterocycles. The maximum atomic E-state index is 13.2. The second-order valence-electron chi connectivity index (χ2n) is 6.22. The van der Waals surface area contributed by atoms with Crippen LogP contribution in [0.4, 0.5) is 5.95 Å². The molecule has 0 aliphatic heterocycles. The number of imidazole rings is 1. The number of hydrogen-bond acceptors (Lipinski definition) is 4. The maximum absolute atomic E-state index is 13.2. The molecule has 0 radical (unpaired) electrons. The summed E-state index contributed by atoms with van der Waals surface area (Å²) in [6.07, 6.45) is 3.24. The lowest BCUT2D eigenvalue weighted by Gasteiger charge is -2.11. The van der Waals surface area contributed by atoms with E-state index in [0.717, 1.165) is 5.69 Å². The van der Waals surface area contributed by atoms with Crippen LogP contribution in [0.25, 0.3) is 22.5 Å². The summed E-state index contributed by atoms with van der Waals surface area (Å²) in [4.78, 5) is 28.4. The maximum Gasteiger partial charge on any atom is 0.287 e. The molecule has 2 aromatic heterocycles. The Kier molecular flexibility index (Phi) is 4.25. The molecule has 2 aromatic carbocycles. The normalized spacial score (nSPS) is 11.3. The summed E-state index contributed by atoms with van der Waals surface area (Å²) in [6, 6.07) is 19.0. The third-order valence-electron chi connectivity index (χ3n) is 4.01. The highest BCUT2D eigenvalue weighted by atomic mass is 16.1. The highest BCUT2D eigenvalue weighted by molar-refractivity contribution is 5.74. The molecule has 2 heterocycles. The van der Waals surface area contributed by atoms with Gasteiger partial charge in [0.05, 0.1) is 12.0 Å². The largest absolute Gasteiger partial charge is 0.369 e. The van der Waals surface area contributed by atoms with Crippen molar-refractivity contribution in [2.24, 2.45) is 4.99 Å². The Morgan fingerprint density at radius 3 is 2.22 bits per heavy atom. The first-order valence-corrected chi connectivity index (χ1v) is 8.47. The lowest BCUT2D eigenvalue weighted by Crippen LogP contribution is -2.21. The van der Waals surface area contributed by atoms with Crippen molar-refractivity contribution in [3.63, 3.8) is 0 Å². The summed E-state index contributed by atoms with van der Waals surface area (Å²) in [5, 5.41) is 0. The smallest absolute Gasteiger partial charge is 0.287 e. The predicted octanol–water partition coefficient (Wildman–Crippen LogP) is 2.79. The van der Waals surface area contributed by atoms with Crippen LogP contribution in [0, 0.1) is 0 Å². The number of para-hydroxylation sites is 2. The van der Waals surface area contributed by atoms with Crippen LogP contribution in [0.5, 0.6) is 0 Å². The molecule has 0 unspecified atom stereocenters. The summed E-state index contributed by atoms with van der Waals surface area (Å²) >= 11 is 0. The molecule has 4 aromatic rings. The van der Waals surface area contributed by atoms with Crippen molar-refractivity contribution < 1.29 is 0 Å². The Bertz CT molecular complexity index is 1160. The quantitative estimate of drug-likeness (QED) is 0.416. The molecule has 0 spiro atoms. The number of hydrogen-bond donors (Lipinski definition) is 0. The van der Waals surface area contributed by atoms with Crippen LogP contribution in [0.3, 0.4) is 0 Å². The van der Waals surface area contributed by atoms with E-state index < -0.39 is 0 Å². The van der Waals surface area contributed by atoms with Gasteiger partial charge < -0.3 is 4.90 Å². The molecule has 0 saturated carbocycles. The first-order valence-electron chi connectivity index (χ1n) is 8.47. The van der Waals surface area contributed by atoms with E-state index in [9.17, 15) is 4.79 Å². The average Bonchev–Trinajstić information content (AvgIpc) is 3.12. The molecule has 27 heavy (non-hydrogen) atoms. The number of aromatic nitrogens is 4. The van der Waals surface area contributed by atoms with E-state index in [1.54, 1.807) is 22.1 Å². The van der Waals surface area contributed by atoms with Gasteiger partial charge in [0.15, 0.2) is 11.2 Å². The van der Waals surface area contributed by atoms with Crippen molar-refractivity contribution in [1.82, 2.24) is 24.0 Å². The van der Waals surface area contributed by atoms with E-state index >= 15 is 0 Å². The monoisotopic (exact) mass is 358 g/mol. The van der Waals surface area contributed by atoms with E-state index in [2.05, 4.69) is 15.0 Å². The first-order chi connectivity index (χ1) is 13.1. The molecule has 7 nitrogen and oxygen atoms in total. The first kappa shape index (κ1) is 16.7. The predicted molar refractivity (Wildman–Crippen MR) is 106 cm³/mol. The summed E-state index contributed by atoms with van der Waals surface area (Å²) in [5.74, 6) is 0.296. The Hall–Kier alpha value is -3.74. The molecule has 0 amide bonds. The standard InChI is InChI=1S/C20H18N6O/c1-24(2)13-22-20-23-18-17(19(27)26(20)16-11-7-4-8-12-16)21-14-25(18)15-9-5-3-6-10-15/h3-14H,1-2H3/b22-13+. The lowest BCUT2D eigenvalue weighted by atomic mass is 10.3. The fourth-order valence-electron chi connectivity index (χ4n) is 2.78. The zero-order valence-electron chi connectivity index (χ0n) is 15.0. The minimum Gasteiger partial charge on any atom is -0.369 e. The van der Waals surface area contributed by atoms with Gasteiger partial charge in [-0.25, -0.2) is 14.5 Å². The molecule has 0 atom stereocenters. The van der Waals surface area contributed by atoms with Crippen LogP contribution in [0.2, 0.25) is 0 Å². The van der Waals surface area contributed by atoms with E-state index in [4.69, 9.17) is 0 Å². The van der Waals surface area contributed by atoms with E-state index in [0.29, 0.717) is 22.8 Å². The second-order valence-corrected chi connectivity index (χ2v) is 6.22. The van der Waals surface area contributed by atoms with E-state index in [1.807, 2.05) is 74.8 Å². The van der Waals surface area contributed by atoms with E-state index in [1.165, 1.54) is 4.57 Å². The van der Waals surface area contributed by atoms with Gasteiger partial charge in [-0.05, 0) is 24.3 Å². The summed E-state index contributed by atoms with van der Waals surface area (Å²) in [7, 11) is 3.72. The Labute approximate surface area is 155 Å². The van der Waals surface area contributed by atoms with Gasteiger partial charge in [-0.15, -0.1) is 0 Å². The molecule has 7 heteroatoms. The number of nitrogens with zero attached hydrogens (tertiary/aromatic N) is 6. The summed E-state index contributed by atoms with van der Waals surface area (Å²) < 4.78 is 3.27. The number of rotatable bonds is 4. The molecule has 0 aliphatic rings. The van der Waals surface area contributed by atoms with Crippen molar-refractivity contribution in [3.05, 3.63) is 77.3 Å². The molecule has 0 N–H and O–H groups in total. The van der Waals surface area contributed by atoms with Crippen molar-refractivity contribution in [2.75, 3.05) is 14.1 Å². The molecule has 4 rings (SSSR count). The second kappa shape index (κ2) is 6.87. The molecule has 0 aliphatic carbocycles. The van der Waals surface area contributed by atoms with Crippen LogP contribution < -0.4 is 5.56 Å². The average molecular weight is 358 g/mol. The van der Waals surface area contributed by atoms with Gasteiger partial charge in [0.1, 0.15) is 6.33 Å². The van der Waals surface area contributed by atoms with Crippen molar-refractivity contribution >= 4 is 23.5 Å². The van der Waals surface area contributed by atoms with Crippen LogP contribution in [0.1, 0.15) is 0 Å². The van der Waals surface area contributed by atoms with Gasteiger partial charge in [-0.3, -0.25) is 9.36 Å². The van der Waals surface area contributed by atoms with E-state index in [-0.39, 0.29) is 5.56 Å². The third kappa shape index (κ3) is 3.10. The SMILES string of the molecule is CN(C)/C=N/c1nc2c(ncn2-c2ccccc2)c(=O)n1-c1ccccc1. The van der Waals surface area contributed by atoms with Gasteiger partial charge in [-0.2, -0.15) is 4.98 Å². The molecule has 134 valence electrons. The Morgan fingerprint density at radius 1 is 0.963 bits per heavy atom. The van der Waals surface area contributed by atoms with Crippen LogP contribution in [0.15, 0.2) is 76.8 Å². The van der Waals surface area contributed by atoms with Crippen LogP contribution in [-0.4, -0.2) is 44.4 Å². The van der Waals surface area contributed by atoms with Crippen molar-refractivity contribution in [2.45, 2.75) is 0 Å². The topological polar surface area (TPSA) is 68.3 Å². The molecule has 0 bridgehead atoms. The summed E-state index contributed by atoms with van der Waals surface area (Å²) in [5.41, 5.74) is 2.09.